The molecule has 3 unspecified atom stereocenters. The maximum absolute atomic E-state index is 12.0. The standard InChI is InChI=1S/C12H13N3O4.C9H11N3O2.C8H9N3O2.C4H5ClO2/c1-4-5-19-12(18)15-6-13-8-7(2)10(16)14(3)11(17)9(8)15;1-5-6-7(11(2)4-10-6)9(14)12(3)8(5)13;1-4-5-6(10-3-9-5)8(13)11(2)7(4)12;1-2-3-7-4(5)6/h4,6-7H,1,5H2,2-3H3;4-5H,1-3H3;3-4H,1-2H3,(H,9,10);2H,1,3H2. The van der Waals surface area contributed by atoms with E-state index in [9.17, 15) is 38.4 Å². The summed E-state index contributed by atoms with van der Waals surface area (Å²) in [6.07, 6.45) is 6.33. The fourth-order valence-corrected chi connectivity index (χ4v) is 5.25. The van der Waals surface area contributed by atoms with Gasteiger partial charge in [0.1, 0.15) is 30.9 Å². The van der Waals surface area contributed by atoms with Crippen molar-refractivity contribution in [2.45, 2.75) is 38.5 Å². The topological polar surface area (TPSA) is 229 Å². The summed E-state index contributed by atoms with van der Waals surface area (Å²) in [6, 6.07) is 0. The van der Waals surface area contributed by atoms with E-state index in [1.807, 2.05) is 0 Å². The summed E-state index contributed by atoms with van der Waals surface area (Å²) >= 11 is 4.75. The van der Waals surface area contributed by atoms with Crippen LogP contribution in [0.15, 0.2) is 44.3 Å². The number of nitrogens with zero attached hydrogens (tertiary/aromatic N) is 8. The zero-order valence-electron chi connectivity index (χ0n) is 30.0. The first-order valence-electron chi connectivity index (χ1n) is 15.7. The Hall–Kier alpha value is -6.24. The third-order valence-corrected chi connectivity index (χ3v) is 8.25. The van der Waals surface area contributed by atoms with Crippen molar-refractivity contribution in [2.75, 3.05) is 34.4 Å². The molecule has 0 aromatic carbocycles. The number of carbonyl (C=O) groups is 8. The predicted molar refractivity (Wildman–Crippen MR) is 185 cm³/mol. The summed E-state index contributed by atoms with van der Waals surface area (Å²) < 4.78 is 11.7. The molecule has 0 saturated carbocycles. The molecule has 0 aliphatic carbocycles. The lowest BCUT2D eigenvalue weighted by molar-refractivity contribution is -0.130. The fourth-order valence-electron chi connectivity index (χ4n) is 5.19. The molecule has 3 aliphatic rings. The molecule has 0 fully saturated rings. The van der Waals surface area contributed by atoms with Gasteiger partial charge in [-0.25, -0.2) is 29.1 Å². The van der Waals surface area contributed by atoms with Crippen LogP contribution in [0.1, 0.15) is 87.1 Å². The Morgan fingerprint density at radius 3 is 1.74 bits per heavy atom. The first kappa shape index (κ1) is 41.2. The Bertz CT molecular complexity index is 1980. The van der Waals surface area contributed by atoms with Gasteiger partial charge in [-0.2, -0.15) is 0 Å². The highest BCUT2D eigenvalue weighted by molar-refractivity contribution is 6.61. The van der Waals surface area contributed by atoms with Crippen molar-refractivity contribution in [3.8, 4) is 0 Å². The third-order valence-electron chi connectivity index (χ3n) is 8.14. The number of H-pyrrole nitrogens is 1. The molecule has 0 radical (unpaired) electrons. The van der Waals surface area contributed by atoms with Gasteiger partial charge in [-0.1, -0.05) is 25.3 Å². The van der Waals surface area contributed by atoms with E-state index in [-0.39, 0.29) is 60.3 Å². The fraction of sp³-hybridized carbons (Fsp3) is 0.364. The Kier molecular flexibility index (Phi) is 13.5. The average molecular weight is 756 g/mol. The number of nitrogens with one attached hydrogen (secondary N) is 1. The molecular formula is C33H38ClN9O10. The van der Waals surface area contributed by atoms with Gasteiger partial charge in [-0.15, -0.1) is 0 Å². The van der Waals surface area contributed by atoms with Crippen molar-refractivity contribution < 1.29 is 47.8 Å². The Balaban J connectivity index is 0.000000200. The minimum atomic E-state index is -0.792. The van der Waals surface area contributed by atoms with Crippen LogP contribution in [0.3, 0.4) is 0 Å². The number of amides is 6. The Labute approximate surface area is 308 Å². The molecule has 19 nitrogen and oxygen atoms in total. The zero-order chi connectivity index (χ0) is 39.9. The Morgan fingerprint density at radius 1 is 0.736 bits per heavy atom. The van der Waals surface area contributed by atoms with Crippen LogP contribution in [0.25, 0.3) is 0 Å². The van der Waals surface area contributed by atoms with Crippen LogP contribution < -0.4 is 0 Å². The van der Waals surface area contributed by atoms with Crippen molar-refractivity contribution in [3.63, 3.8) is 0 Å². The first-order valence-corrected chi connectivity index (χ1v) is 16.1. The molecule has 0 saturated heterocycles. The third kappa shape index (κ3) is 8.46. The highest BCUT2D eigenvalue weighted by atomic mass is 35.5. The summed E-state index contributed by atoms with van der Waals surface area (Å²) in [5.74, 6) is -3.10. The van der Waals surface area contributed by atoms with E-state index in [2.05, 4.69) is 37.8 Å². The van der Waals surface area contributed by atoms with Crippen LogP contribution in [0.2, 0.25) is 0 Å². The molecule has 3 aromatic heterocycles. The first-order chi connectivity index (χ1) is 24.9. The number of aromatic nitrogens is 6. The smallest absolute Gasteiger partial charge is 0.420 e. The van der Waals surface area contributed by atoms with Crippen LogP contribution in [0.4, 0.5) is 9.59 Å². The van der Waals surface area contributed by atoms with E-state index >= 15 is 0 Å². The second kappa shape index (κ2) is 17.3. The molecule has 0 spiro atoms. The number of halogens is 1. The number of aryl methyl sites for hydroxylation is 1. The van der Waals surface area contributed by atoms with Crippen LogP contribution in [0, 0.1) is 0 Å². The number of hydrogen-bond acceptors (Lipinski definition) is 13. The number of fused-ring (bicyclic) bond motifs is 3. The van der Waals surface area contributed by atoms with Crippen LogP contribution in [-0.4, -0.2) is 125 Å². The predicted octanol–water partition coefficient (Wildman–Crippen LogP) is 2.58. The van der Waals surface area contributed by atoms with E-state index in [1.165, 1.54) is 45.9 Å². The highest BCUT2D eigenvalue weighted by Gasteiger charge is 2.40. The Morgan fingerprint density at radius 2 is 1.21 bits per heavy atom. The van der Waals surface area contributed by atoms with Crippen molar-refractivity contribution in [3.05, 3.63) is 78.5 Å². The zero-order valence-corrected chi connectivity index (χ0v) is 30.7. The lowest BCUT2D eigenvalue weighted by atomic mass is 9.99. The molecule has 20 heteroatoms. The van der Waals surface area contributed by atoms with Crippen LogP contribution in [0.5, 0.6) is 0 Å². The largest absolute Gasteiger partial charge is 0.449 e. The minimum absolute atomic E-state index is 0.0320. The van der Waals surface area contributed by atoms with Crippen molar-refractivity contribution in [1.82, 2.24) is 43.8 Å². The van der Waals surface area contributed by atoms with Crippen molar-refractivity contribution in [1.29, 1.82) is 0 Å². The second-order valence-corrected chi connectivity index (χ2v) is 11.9. The number of rotatable bonds is 4. The maximum atomic E-state index is 12.0. The van der Waals surface area contributed by atoms with Gasteiger partial charge in [0.05, 0.1) is 47.5 Å². The highest BCUT2D eigenvalue weighted by Crippen LogP contribution is 2.28. The summed E-state index contributed by atoms with van der Waals surface area (Å²) in [5.41, 5.74) is 1.65. The molecule has 1 N–H and O–H groups in total. The molecule has 6 rings (SSSR count). The van der Waals surface area contributed by atoms with Gasteiger partial charge in [-0.3, -0.25) is 43.5 Å². The van der Waals surface area contributed by atoms with E-state index in [0.29, 0.717) is 28.5 Å². The monoisotopic (exact) mass is 755 g/mol. The van der Waals surface area contributed by atoms with Gasteiger partial charge in [-0.05, 0) is 20.8 Å². The van der Waals surface area contributed by atoms with E-state index in [1.54, 1.807) is 38.7 Å². The molecule has 0 bridgehead atoms. The van der Waals surface area contributed by atoms with Crippen molar-refractivity contribution in [2.24, 2.45) is 7.05 Å². The van der Waals surface area contributed by atoms with Gasteiger partial charge >= 0.3 is 11.5 Å². The van der Waals surface area contributed by atoms with Gasteiger partial charge < -0.3 is 19.0 Å². The van der Waals surface area contributed by atoms with E-state index < -0.39 is 23.3 Å². The number of imidazole rings is 3. The maximum Gasteiger partial charge on any atom is 0.420 e. The SMILES string of the molecule is C=CCOC(=O)Cl.C=CCOC(=O)n1cnc2c1C(=O)N(C)C(=O)C2C.CC1C(=O)N(C)C(=O)c2c1ncn2C.CC1C(=O)N(C)C(=O)c2nc[nH]c21. The van der Waals surface area contributed by atoms with Crippen LogP contribution >= 0.6 is 11.6 Å². The number of carbonyl (C=O) groups excluding carboxylic acids is 8. The lowest BCUT2D eigenvalue weighted by Gasteiger charge is -2.25. The number of imide groups is 3. The summed E-state index contributed by atoms with van der Waals surface area (Å²) in [6.45, 7) is 12.1. The summed E-state index contributed by atoms with van der Waals surface area (Å²) in [7, 11) is 6.09. The average Bonchev–Trinajstić information content (AvgIpc) is 3.91. The normalized spacial score (nSPS) is 18.6. The molecule has 3 aromatic rings. The minimum Gasteiger partial charge on any atom is -0.449 e. The molecule has 6 amide bonds. The summed E-state index contributed by atoms with van der Waals surface area (Å²) in [4.78, 5) is 109. The molecule has 3 aliphatic heterocycles. The number of hydrogen-bond donors (Lipinski definition) is 1. The number of ether oxygens (including phenoxy) is 2. The van der Waals surface area contributed by atoms with E-state index in [0.717, 1.165) is 19.3 Å². The molecule has 53 heavy (non-hydrogen) atoms. The van der Waals surface area contributed by atoms with E-state index in [4.69, 9.17) is 16.3 Å². The molecule has 6 heterocycles. The van der Waals surface area contributed by atoms with Gasteiger partial charge in [0.2, 0.25) is 17.7 Å². The van der Waals surface area contributed by atoms with Crippen LogP contribution in [-0.2, 0) is 30.9 Å². The molecular weight excluding hydrogens is 718 g/mol. The molecule has 3 atom stereocenters. The quantitative estimate of drug-likeness (QED) is 0.230. The van der Waals surface area contributed by atoms with Gasteiger partial charge in [0.15, 0.2) is 5.69 Å². The summed E-state index contributed by atoms with van der Waals surface area (Å²) in [5, 5.41) is 0. The number of likely N-dealkylation sites (N-methyl/N-ethyl adjacent to an activating group) is 3. The van der Waals surface area contributed by atoms with Gasteiger partial charge in [0, 0.05) is 39.8 Å². The number of aromatic amines is 1. The van der Waals surface area contributed by atoms with Crippen molar-refractivity contribution >= 4 is 58.6 Å². The van der Waals surface area contributed by atoms with Gasteiger partial charge in [0.25, 0.3) is 17.7 Å². The second-order valence-electron chi connectivity index (χ2n) is 11.6. The molecule has 282 valence electrons. The lowest BCUT2D eigenvalue weighted by Crippen LogP contribution is -2.42.